The van der Waals surface area contributed by atoms with E-state index in [1.807, 2.05) is 38.2 Å². The number of aromatic nitrogens is 2. The van der Waals surface area contributed by atoms with Gasteiger partial charge in [-0.15, -0.1) is 0 Å². The van der Waals surface area contributed by atoms with Crippen LogP contribution in [0.1, 0.15) is 5.69 Å². The minimum absolute atomic E-state index is 0.682. The molecule has 0 bridgehead atoms. The van der Waals surface area contributed by atoms with E-state index in [1.54, 1.807) is 0 Å². The molecule has 2 aromatic rings. The molecule has 1 aliphatic rings. The first kappa shape index (κ1) is 16.7. The fraction of sp³-hybridized carbons (Fsp3) is 0.444. The number of hydrogen-bond acceptors (Lipinski definition) is 6. The lowest BCUT2D eigenvalue weighted by atomic mass is 10.3. The summed E-state index contributed by atoms with van der Waals surface area (Å²) in [5, 5.41) is 3.35. The van der Waals surface area contributed by atoms with Gasteiger partial charge in [0.05, 0.1) is 13.2 Å². The van der Waals surface area contributed by atoms with Crippen LogP contribution in [0, 0.1) is 6.92 Å². The van der Waals surface area contributed by atoms with Gasteiger partial charge in [0.15, 0.2) is 0 Å². The summed E-state index contributed by atoms with van der Waals surface area (Å²) in [6.07, 6.45) is 0. The fourth-order valence-electron chi connectivity index (χ4n) is 2.74. The largest absolute Gasteiger partial charge is 0.379 e. The molecule has 0 amide bonds. The van der Waals surface area contributed by atoms with Crippen LogP contribution in [0.5, 0.6) is 0 Å². The SMILES string of the molecule is Cc1cc(N(C)c2ccccc2)nc(NCCN2CCOCC2)n1. The smallest absolute Gasteiger partial charge is 0.224 e. The molecule has 0 atom stereocenters. The normalized spacial score (nSPS) is 15.2. The van der Waals surface area contributed by atoms with Gasteiger partial charge in [-0.05, 0) is 19.1 Å². The molecule has 2 heterocycles. The zero-order chi connectivity index (χ0) is 16.8. The second-order valence-electron chi connectivity index (χ2n) is 5.97. The van der Waals surface area contributed by atoms with Gasteiger partial charge in [-0.1, -0.05) is 18.2 Å². The Bertz CT molecular complexity index is 643. The van der Waals surface area contributed by atoms with Crippen molar-refractivity contribution in [3.8, 4) is 0 Å². The highest BCUT2D eigenvalue weighted by molar-refractivity contribution is 5.60. The van der Waals surface area contributed by atoms with Crippen LogP contribution in [-0.2, 0) is 4.74 Å². The van der Waals surface area contributed by atoms with E-state index >= 15 is 0 Å². The Morgan fingerprint density at radius 1 is 1.17 bits per heavy atom. The molecule has 0 unspecified atom stereocenters. The number of morpholine rings is 1. The predicted octanol–water partition coefficient (Wildman–Crippen LogP) is 2.30. The van der Waals surface area contributed by atoms with Gasteiger partial charge in [0, 0.05) is 50.7 Å². The van der Waals surface area contributed by atoms with E-state index in [0.717, 1.165) is 56.6 Å². The van der Waals surface area contributed by atoms with Crippen molar-refractivity contribution in [3.05, 3.63) is 42.1 Å². The van der Waals surface area contributed by atoms with Crippen LogP contribution >= 0.6 is 0 Å². The van der Waals surface area contributed by atoms with Gasteiger partial charge in [-0.2, -0.15) is 4.98 Å². The van der Waals surface area contributed by atoms with Crippen LogP contribution in [0.2, 0.25) is 0 Å². The Labute approximate surface area is 143 Å². The van der Waals surface area contributed by atoms with Gasteiger partial charge < -0.3 is 15.0 Å². The van der Waals surface area contributed by atoms with Gasteiger partial charge in [0.25, 0.3) is 0 Å². The van der Waals surface area contributed by atoms with Crippen molar-refractivity contribution in [3.63, 3.8) is 0 Å². The molecule has 0 radical (unpaired) electrons. The number of nitrogens with one attached hydrogen (secondary N) is 1. The number of nitrogens with zero attached hydrogens (tertiary/aromatic N) is 4. The molecule has 1 aromatic carbocycles. The molecule has 1 fully saturated rings. The molecule has 0 aliphatic carbocycles. The van der Waals surface area contributed by atoms with E-state index < -0.39 is 0 Å². The summed E-state index contributed by atoms with van der Waals surface area (Å²) >= 11 is 0. The Kier molecular flexibility index (Phi) is 5.61. The van der Waals surface area contributed by atoms with Crippen LogP contribution in [0.25, 0.3) is 0 Å². The quantitative estimate of drug-likeness (QED) is 0.879. The maximum Gasteiger partial charge on any atom is 0.224 e. The summed E-state index contributed by atoms with van der Waals surface area (Å²) in [7, 11) is 2.02. The summed E-state index contributed by atoms with van der Waals surface area (Å²) in [5.74, 6) is 1.57. The molecule has 6 heteroatoms. The van der Waals surface area contributed by atoms with Crippen molar-refractivity contribution < 1.29 is 4.74 Å². The van der Waals surface area contributed by atoms with Gasteiger partial charge in [-0.25, -0.2) is 4.98 Å². The van der Waals surface area contributed by atoms with Crippen LogP contribution in [0.15, 0.2) is 36.4 Å². The second-order valence-corrected chi connectivity index (χ2v) is 5.97. The summed E-state index contributed by atoms with van der Waals surface area (Å²) in [5.41, 5.74) is 2.06. The van der Waals surface area contributed by atoms with Crippen LogP contribution < -0.4 is 10.2 Å². The van der Waals surface area contributed by atoms with Crippen molar-refractivity contribution in [1.29, 1.82) is 0 Å². The topological polar surface area (TPSA) is 53.5 Å². The molecular formula is C18H25N5O. The highest BCUT2D eigenvalue weighted by Gasteiger charge is 2.11. The lowest BCUT2D eigenvalue weighted by Crippen LogP contribution is -2.39. The number of anilines is 3. The average molecular weight is 327 g/mol. The van der Waals surface area contributed by atoms with Crippen LogP contribution in [0.4, 0.5) is 17.5 Å². The van der Waals surface area contributed by atoms with Crippen molar-refractivity contribution in [2.75, 3.05) is 56.7 Å². The lowest BCUT2D eigenvalue weighted by molar-refractivity contribution is 0.0398. The summed E-state index contributed by atoms with van der Waals surface area (Å²) in [6, 6.07) is 12.2. The summed E-state index contributed by atoms with van der Waals surface area (Å²) in [6.45, 7) is 7.45. The molecule has 1 aromatic heterocycles. The predicted molar refractivity (Wildman–Crippen MR) is 97.0 cm³/mol. The molecule has 1 saturated heterocycles. The maximum absolute atomic E-state index is 5.37. The molecule has 128 valence electrons. The third kappa shape index (κ3) is 4.43. The minimum atomic E-state index is 0.682. The number of rotatable bonds is 6. The zero-order valence-electron chi connectivity index (χ0n) is 14.4. The van der Waals surface area contributed by atoms with Crippen molar-refractivity contribution >= 4 is 17.5 Å². The molecule has 1 N–H and O–H groups in total. The van der Waals surface area contributed by atoms with Gasteiger partial charge in [0.1, 0.15) is 5.82 Å². The second kappa shape index (κ2) is 8.08. The maximum atomic E-state index is 5.37. The number of hydrogen-bond donors (Lipinski definition) is 1. The van der Waals surface area contributed by atoms with Gasteiger partial charge in [0.2, 0.25) is 5.95 Å². The van der Waals surface area contributed by atoms with E-state index in [0.29, 0.717) is 5.95 Å². The van der Waals surface area contributed by atoms with E-state index in [-0.39, 0.29) is 0 Å². The molecule has 1 aliphatic heterocycles. The number of ether oxygens (including phenoxy) is 1. The molecule has 0 saturated carbocycles. The standard InChI is InChI=1S/C18H25N5O/c1-15-14-17(22(2)16-6-4-3-5-7-16)21-18(20-15)19-8-9-23-10-12-24-13-11-23/h3-7,14H,8-13H2,1-2H3,(H,19,20,21). The fourth-order valence-corrected chi connectivity index (χ4v) is 2.74. The first-order chi connectivity index (χ1) is 11.7. The monoisotopic (exact) mass is 327 g/mol. The molecular weight excluding hydrogens is 302 g/mol. The molecule has 0 spiro atoms. The highest BCUT2D eigenvalue weighted by atomic mass is 16.5. The summed E-state index contributed by atoms with van der Waals surface area (Å²) < 4.78 is 5.37. The Balaban J connectivity index is 1.63. The number of benzene rings is 1. The third-order valence-electron chi connectivity index (χ3n) is 4.14. The van der Waals surface area contributed by atoms with E-state index in [9.17, 15) is 0 Å². The van der Waals surface area contributed by atoms with Crippen molar-refractivity contribution in [2.45, 2.75) is 6.92 Å². The Hall–Kier alpha value is -2.18. The van der Waals surface area contributed by atoms with E-state index in [4.69, 9.17) is 4.74 Å². The van der Waals surface area contributed by atoms with Crippen LogP contribution in [-0.4, -0.2) is 61.3 Å². The Morgan fingerprint density at radius 3 is 2.67 bits per heavy atom. The lowest BCUT2D eigenvalue weighted by Gasteiger charge is -2.26. The average Bonchev–Trinajstić information content (AvgIpc) is 2.62. The third-order valence-corrected chi connectivity index (χ3v) is 4.14. The first-order valence-electron chi connectivity index (χ1n) is 8.41. The molecule has 24 heavy (non-hydrogen) atoms. The van der Waals surface area contributed by atoms with E-state index in [2.05, 4.69) is 37.2 Å². The molecule has 3 rings (SSSR count). The summed E-state index contributed by atoms with van der Waals surface area (Å²) in [4.78, 5) is 13.6. The van der Waals surface area contributed by atoms with Crippen molar-refractivity contribution in [2.24, 2.45) is 0 Å². The van der Waals surface area contributed by atoms with Crippen LogP contribution in [0.3, 0.4) is 0 Å². The highest BCUT2D eigenvalue weighted by Crippen LogP contribution is 2.22. The number of para-hydroxylation sites is 1. The van der Waals surface area contributed by atoms with Gasteiger partial charge >= 0.3 is 0 Å². The van der Waals surface area contributed by atoms with Gasteiger partial charge in [-0.3, -0.25) is 4.90 Å². The molecule has 6 nitrogen and oxygen atoms in total. The van der Waals surface area contributed by atoms with Crippen molar-refractivity contribution in [1.82, 2.24) is 14.9 Å². The van der Waals surface area contributed by atoms with E-state index in [1.165, 1.54) is 0 Å². The first-order valence-corrected chi connectivity index (χ1v) is 8.41. The zero-order valence-corrected chi connectivity index (χ0v) is 14.4. The number of aryl methyl sites for hydroxylation is 1. The minimum Gasteiger partial charge on any atom is -0.379 e. The Morgan fingerprint density at radius 2 is 1.92 bits per heavy atom.